The molecule has 1 aliphatic heterocycles. The van der Waals surface area contributed by atoms with Crippen LogP contribution in [0.4, 0.5) is 34.8 Å². The molecule has 2 aromatic carbocycles. The highest BCUT2D eigenvalue weighted by molar-refractivity contribution is 6.05. The van der Waals surface area contributed by atoms with Gasteiger partial charge >= 0.3 is 6.18 Å². The molecule has 0 saturated heterocycles. The Labute approximate surface area is 191 Å². The highest BCUT2D eigenvalue weighted by atomic mass is 19.4. The van der Waals surface area contributed by atoms with Crippen molar-refractivity contribution in [3.05, 3.63) is 76.7 Å². The lowest BCUT2D eigenvalue weighted by Crippen LogP contribution is -2.27. The lowest BCUT2D eigenvalue weighted by molar-refractivity contribution is -0.137. The molecule has 0 spiro atoms. The Morgan fingerprint density at radius 3 is 2.59 bits per heavy atom. The van der Waals surface area contributed by atoms with Gasteiger partial charge in [-0.15, -0.1) is 0 Å². The number of alkyl halides is 3. The number of hydrogen-bond acceptors (Lipinski definition) is 5. The van der Waals surface area contributed by atoms with E-state index in [0.29, 0.717) is 11.8 Å². The monoisotopic (exact) mass is 473 g/mol. The quantitative estimate of drug-likeness (QED) is 0.390. The number of aromatic hydroxyl groups is 1. The van der Waals surface area contributed by atoms with Crippen molar-refractivity contribution in [1.82, 2.24) is 4.98 Å². The van der Waals surface area contributed by atoms with Crippen LogP contribution in [0.15, 0.2) is 48.7 Å². The van der Waals surface area contributed by atoms with E-state index in [-0.39, 0.29) is 29.9 Å². The van der Waals surface area contributed by atoms with Gasteiger partial charge in [0.15, 0.2) is 17.9 Å². The molecule has 0 bridgehead atoms. The SMILES string of the molecule is CC1(C)CN(c2ncc(NC(=O)c3cc(F)c(O)c(C=O)c3)cc2C(F)(F)F)c2ccccc21. The van der Waals surface area contributed by atoms with Gasteiger partial charge < -0.3 is 15.3 Å². The van der Waals surface area contributed by atoms with Crippen LogP contribution in [0.2, 0.25) is 0 Å². The molecule has 176 valence electrons. The summed E-state index contributed by atoms with van der Waals surface area (Å²) in [5, 5.41) is 11.7. The standard InChI is InChI=1S/C24H19F4N3O3/c1-23(2)12-31(19-6-4-3-5-16(19)23)21-17(24(26,27)28)9-15(10-29-21)30-22(34)13-7-14(11-32)20(33)18(25)8-13/h3-11,33H,12H2,1-2H3,(H,30,34). The molecule has 10 heteroatoms. The van der Waals surface area contributed by atoms with E-state index in [9.17, 15) is 32.3 Å². The lowest BCUT2D eigenvalue weighted by Gasteiger charge is -2.25. The summed E-state index contributed by atoms with van der Waals surface area (Å²) >= 11 is 0. The van der Waals surface area contributed by atoms with Crippen molar-refractivity contribution < 1.29 is 32.3 Å². The summed E-state index contributed by atoms with van der Waals surface area (Å²) < 4.78 is 55.8. The largest absolute Gasteiger partial charge is 0.504 e. The molecule has 0 saturated carbocycles. The molecule has 0 atom stereocenters. The lowest BCUT2D eigenvalue weighted by atomic mass is 9.87. The van der Waals surface area contributed by atoms with Crippen molar-refractivity contribution in [3.8, 4) is 5.75 Å². The molecular formula is C24H19F4N3O3. The minimum absolute atomic E-state index is 0.155. The van der Waals surface area contributed by atoms with E-state index in [1.165, 1.54) is 4.90 Å². The molecule has 6 nitrogen and oxygen atoms in total. The minimum atomic E-state index is -4.78. The molecule has 0 radical (unpaired) electrons. The Kier molecular flexibility index (Phi) is 5.55. The number of amides is 1. The van der Waals surface area contributed by atoms with Crippen LogP contribution in [0.25, 0.3) is 0 Å². The fraction of sp³-hybridized carbons (Fsp3) is 0.208. The smallest absolute Gasteiger partial charge is 0.420 e. The first-order chi connectivity index (χ1) is 15.9. The molecule has 4 rings (SSSR count). The number of pyridine rings is 1. The van der Waals surface area contributed by atoms with Crippen LogP contribution in [-0.4, -0.2) is 28.8 Å². The number of benzene rings is 2. The average molecular weight is 473 g/mol. The molecule has 34 heavy (non-hydrogen) atoms. The molecule has 0 fully saturated rings. The molecule has 1 aromatic heterocycles. The van der Waals surface area contributed by atoms with Crippen LogP contribution in [-0.2, 0) is 11.6 Å². The third-order valence-corrected chi connectivity index (χ3v) is 5.65. The van der Waals surface area contributed by atoms with E-state index >= 15 is 0 Å². The van der Waals surface area contributed by atoms with Crippen molar-refractivity contribution in [2.75, 3.05) is 16.8 Å². The Bertz CT molecular complexity index is 1310. The summed E-state index contributed by atoms with van der Waals surface area (Å²) in [7, 11) is 0. The molecule has 2 N–H and O–H groups in total. The van der Waals surface area contributed by atoms with E-state index in [2.05, 4.69) is 10.3 Å². The second-order valence-electron chi connectivity index (χ2n) is 8.55. The number of rotatable bonds is 4. The summed E-state index contributed by atoms with van der Waals surface area (Å²) in [6, 6.07) is 9.50. The zero-order chi connectivity index (χ0) is 24.8. The van der Waals surface area contributed by atoms with Gasteiger partial charge in [-0.25, -0.2) is 9.37 Å². The predicted molar refractivity (Wildman–Crippen MR) is 117 cm³/mol. The molecule has 2 heterocycles. The zero-order valence-corrected chi connectivity index (χ0v) is 18.1. The number of phenolic OH excluding ortho intramolecular Hbond substituents is 1. The second-order valence-corrected chi connectivity index (χ2v) is 8.55. The number of nitrogens with zero attached hydrogens (tertiary/aromatic N) is 2. The first-order valence-corrected chi connectivity index (χ1v) is 10.2. The molecule has 1 amide bonds. The summed E-state index contributed by atoms with van der Waals surface area (Å²) in [6.45, 7) is 4.13. The maximum Gasteiger partial charge on any atom is 0.420 e. The normalized spacial score (nSPS) is 14.6. The third-order valence-electron chi connectivity index (χ3n) is 5.65. The Balaban J connectivity index is 1.71. The highest BCUT2D eigenvalue weighted by Gasteiger charge is 2.42. The number of halogens is 4. The van der Waals surface area contributed by atoms with Crippen LogP contribution in [0.1, 0.15) is 45.7 Å². The van der Waals surface area contributed by atoms with Crippen molar-refractivity contribution in [2.24, 2.45) is 0 Å². The van der Waals surface area contributed by atoms with Gasteiger partial charge in [0.25, 0.3) is 5.91 Å². The fourth-order valence-electron chi connectivity index (χ4n) is 4.03. The molecule has 0 aliphatic carbocycles. The van der Waals surface area contributed by atoms with Crippen molar-refractivity contribution in [1.29, 1.82) is 0 Å². The van der Waals surface area contributed by atoms with Crippen LogP contribution < -0.4 is 10.2 Å². The number of fused-ring (bicyclic) bond motifs is 1. The van der Waals surface area contributed by atoms with Crippen LogP contribution in [0.5, 0.6) is 5.75 Å². The summed E-state index contributed by atoms with van der Waals surface area (Å²) in [5.41, 5.74) is -1.05. The molecular weight excluding hydrogens is 454 g/mol. The van der Waals surface area contributed by atoms with Gasteiger partial charge in [0.2, 0.25) is 0 Å². The van der Waals surface area contributed by atoms with Gasteiger partial charge in [-0.05, 0) is 29.8 Å². The molecule has 3 aromatic rings. The Morgan fingerprint density at radius 1 is 1.21 bits per heavy atom. The van der Waals surface area contributed by atoms with Gasteiger partial charge in [0.1, 0.15) is 11.4 Å². The number of aldehydes is 1. The van der Waals surface area contributed by atoms with E-state index < -0.39 is 40.2 Å². The number of para-hydroxylation sites is 1. The summed E-state index contributed by atoms with van der Waals surface area (Å²) in [5.74, 6) is -3.42. The van der Waals surface area contributed by atoms with E-state index in [0.717, 1.165) is 23.9 Å². The predicted octanol–water partition coefficient (Wildman–Crippen LogP) is 5.44. The number of hydrogen-bond donors (Lipinski definition) is 2. The zero-order valence-electron chi connectivity index (χ0n) is 18.1. The number of nitrogens with one attached hydrogen (secondary N) is 1. The summed E-state index contributed by atoms with van der Waals surface area (Å²) in [4.78, 5) is 29.0. The van der Waals surface area contributed by atoms with Gasteiger partial charge in [-0.3, -0.25) is 9.59 Å². The van der Waals surface area contributed by atoms with Gasteiger partial charge in [0.05, 0.1) is 17.4 Å². The number of carbonyl (C=O) groups excluding carboxylic acids is 2. The van der Waals surface area contributed by atoms with E-state index in [1.807, 2.05) is 26.0 Å². The summed E-state index contributed by atoms with van der Waals surface area (Å²) in [6.07, 6.45) is -3.55. The van der Waals surface area contributed by atoms with Crippen molar-refractivity contribution in [3.63, 3.8) is 0 Å². The average Bonchev–Trinajstić information content (AvgIpc) is 3.06. The minimum Gasteiger partial charge on any atom is -0.504 e. The van der Waals surface area contributed by atoms with Crippen molar-refractivity contribution in [2.45, 2.75) is 25.4 Å². The number of carbonyl (C=O) groups is 2. The van der Waals surface area contributed by atoms with Gasteiger partial charge in [-0.2, -0.15) is 13.2 Å². The topological polar surface area (TPSA) is 82.5 Å². The number of anilines is 3. The van der Waals surface area contributed by atoms with Crippen LogP contribution in [0.3, 0.4) is 0 Å². The van der Waals surface area contributed by atoms with Gasteiger partial charge in [0, 0.05) is 23.2 Å². The molecule has 1 aliphatic rings. The molecule has 0 unspecified atom stereocenters. The maximum absolute atomic E-state index is 14.0. The van der Waals surface area contributed by atoms with Crippen LogP contribution in [0, 0.1) is 5.82 Å². The number of phenols is 1. The first kappa shape index (κ1) is 23.2. The Hall–Kier alpha value is -3.95. The first-order valence-electron chi connectivity index (χ1n) is 10.2. The second kappa shape index (κ2) is 8.12. The third kappa shape index (κ3) is 4.07. The Morgan fingerprint density at radius 2 is 1.91 bits per heavy atom. The fourth-order valence-corrected chi connectivity index (χ4v) is 4.03. The maximum atomic E-state index is 14.0. The van der Waals surface area contributed by atoms with Crippen LogP contribution >= 0.6 is 0 Å². The van der Waals surface area contributed by atoms with Crippen molar-refractivity contribution >= 4 is 29.4 Å². The highest BCUT2D eigenvalue weighted by Crippen LogP contribution is 2.47. The van der Waals surface area contributed by atoms with Gasteiger partial charge in [-0.1, -0.05) is 32.0 Å². The van der Waals surface area contributed by atoms with E-state index in [1.54, 1.807) is 12.1 Å². The van der Waals surface area contributed by atoms with E-state index in [4.69, 9.17) is 0 Å². The number of aromatic nitrogens is 1.